The molecule has 2 aromatic rings. The first-order valence-electron chi connectivity index (χ1n) is 12.2. The number of anilines is 1. The second kappa shape index (κ2) is 9.41. The van der Waals surface area contributed by atoms with Gasteiger partial charge in [-0.25, -0.2) is 9.78 Å². The summed E-state index contributed by atoms with van der Waals surface area (Å²) in [5.41, 5.74) is 0.714. The molecule has 34 heavy (non-hydrogen) atoms. The molecular weight excluding hydrogens is 474 g/mol. The molecule has 186 valence electrons. The van der Waals surface area contributed by atoms with E-state index >= 15 is 0 Å². The second-order valence-electron chi connectivity index (χ2n) is 10.8. The first-order chi connectivity index (χ1) is 16.2. The summed E-state index contributed by atoms with van der Waals surface area (Å²) in [4.78, 5) is 29.5. The molecule has 0 bridgehead atoms. The molecule has 0 atom stereocenters. The Morgan fingerprint density at radius 1 is 1.15 bits per heavy atom. The molecule has 0 saturated carbocycles. The van der Waals surface area contributed by atoms with E-state index < -0.39 is 5.60 Å². The van der Waals surface area contributed by atoms with Gasteiger partial charge in [-0.05, 0) is 76.2 Å². The van der Waals surface area contributed by atoms with Crippen LogP contribution >= 0.6 is 22.9 Å². The van der Waals surface area contributed by atoms with E-state index in [9.17, 15) is 4.79 Å². The maximum absolute atomic E-state index is 12.5. The number of ether oxygens (including phenoxy) is 2. The SMILES string of the molecule is CC(C)(C)OC(=O)N1CCC2(CCN(Cc3cc4nc(Cl)nc(N5CCOCC5)c4s3)CC2)C1. The standard InChI is InChI=1S/C24H34ClN5O3S/c1-23(2,3)33-22(31)30-9-6-24(16-30)4-7-28(8-5-24)15-17-14-18-19(34-17)20(27-21(25)26-18)29-10-12-32-13-11-29/h14H,4-13,15-16H2,1-3H3. The minimum absolute atomic E-state index is 0.173. The molecular formula is C24H34ClN5O3S. The third-order valence-corrected chi connectivity index (χ3v) is 8.35. The Hall–Kier alpha value is -1.68. The number of aromatic nitrogens is 2. The van der Waals surface area contributed by atoms with Crippen molar-refractivity contribution in [1.29, 1.82) is 0 Å². The number of thiophene rings is 1. The zero-order chi connectivity index (χ0) is 23.9. The fraction of sp³-hybridized carbons (Fsp3) is 0.708. The number of morpholine rings is 1. The van der Waals surface area contributed by atoms with Crippen LogP contribution in [0.3, 0.4) is 0 Å². The van der Waals surface area contributed by atoms with Crippen molar-refractivity contribution >= 4 is 45.1 Å². The molecule has 0 aromatic carbocycles. The van der Waals surface area contributed by atoms with E-state index in [2.05, 4.69) is 25.8 Å². The average Bonchev–Trinajstić information content (AvgIpc) is 3.38. The number of likely N-dealkylation sites (tertiary alicyclic amines) is 2. The number of fused-ring (bicyclic) bond motifs is 1. The highest BCUT2D eigenvalue weighted by Crippen LogP contribution is 2.41. The Bertz CT molecular complexity index is 1040. The topological polar surface area (TPSA) is 71.0 Å². The van der Waals surface area contributed by atoms with Crippen LogP contribution in [-0.4, -0.2) is 83.9 Å². The van der Waals surface area contributed by atoms with E-state index in [4.69, 9.17) is 21.1 Å². The number of hydrogen-bond acceptors (Lipinski definition) is 8. The van der Waals surface area contributed by atoms with Crippen molar-refractivity contribution in [2.75, 3.05) is 57.4 Å². The molecule has 0 unspecified atom stereocenters. The van der Waals surface area contributed by atoms with Crippen LogP contribution in [0.1, 0.15) is 44.9 Å². The van der Waals surface area contributed by atoms with Crippen LogP contribution in [0, 0.1) is 5.41 Å². The third-order valence-electron chi connectivity index (χ3n) is 7.07. The molecule has 2 aromatic heterocycles. The van der Waals surface area contributed by atoms with Gasteiger partial charge >= 0.3 is 6.09 Å². The lowest BCUT2D eigenvalue weighted by Gasteiger charge is -2.39. The van der Waals surface area contributed by atoms with E-state index in [0.717, 1.165) is 81.1 Å². The number of halogens is 1. The van der Waals surface area contributed by atoms with Gasteiger partial charge in [0.1, 0.15) is 5.60 Å². The predicted molar refractivity (Wildman–Crippen MR) is 135 cm³/mol. The zero-order valence-electron chi connectivity index (χ0n) is 20.3. The van der Waals surface area contributed by atoms with Gasteiger partial charge in [-0.3, -0.25) is 4.90 Å². The fourth-order valence-electron chi connectivity index (χ4n) is 5.24. The van der Waals surface area contributed by atoms with Gasteiger partial charge in [-0.2, -0.15) is 4.98 Å². The minimum Gasteiger partial charge on any atom is -0.444 e. The normalized spacial score (nSPS) is 21.5. The summed E-state index contributed by atoms with van der Waals surface area (Å²) < 4.78 is 12.2. The number of hydrogen-bond donors (Lipinski definition) is 0. The number of rotatable bonds is 3. The van der Waals surface area contributed by atoms with Crippen LogP contribution in [0.15, 0.2) is 6.07 Å². The first-order valence-corrected chi connectivity index (χ1v) is 13.4. The summed E-state index contributed by atoms with van der Waals surface area (Å²) >= 11 is 8.04. The van der Waals surface area contributed by atoms with E-state index in [1.165, 1.54) is 4.88 Å². The van der Waals surface area contributed by atoms with Crippen LogP contribution in [0.2, 0.25) is 5.28 Å². The van der Waals surface area contributed by atoms with Crippen molar-refractivity contribution in [3.63, 3.8) is 0 Å². The van der Waals surface area contributed by atoms with Crippen molar-refractivity contribution in [2.24, 2.45) is 5.41 Å². The van der Waals surface area contributed by atoms with Crippen molar-refractivity contribution in [3.8, 4) is 0 Å². The molecule has 10 heteroatoms. The molecule has 5 heterocycles. The summed E-state index contributed by atoms with van der Waals surface area (Å²) in [7, 11) is 0. The minimum atomic E-state index is -0.448. The number of piperidine rings is 1. The molecule has 0 aliphatic carbocycles. The average molecular weight is 508 g/mol. The molecule has 3 aliphatic rings. The third kappa shape index (κ3) is 5.27. The first kappa shape index (κ1) is 24.0. The summed E-state index contributed by atoms with van der Waals surface area (Å²) in [6.45, 7) is 13.4. The fourth-order valence-corrected chi connectivity index (χ4v) is 6.56. The maximum atomic E-state index is 12.5. The van der Waals surface area contributed by atoms with Crippen molar-refractivity contribution in [1.82, 2.24) is 19.8 Å². The quantitative estimate of drug-likeness (QED) is 0.570. The van der Waals surface area contributed by atoms with Crippen LogP contribution in [0.25, 0.3) is 10.2 Å². The van der Waals surface area contributed by atoms with E-state index in [0.29, 0.717) is 18.5 Å². The lowest BCUT2D eigenvalue weighted by molar-refractivity contribution is 0.0246. The Labute approximate surface area is 210 Å². The van der Waals surface area contributed by atoms with E-state index in [1.807, 2.05) is 25.7 Å². The highest BCUT2D eigenvalue weighted by atomic mass is 35.5. The Morgan fingerprint density at radius 2 is 1.85 bits per heavy atom. The number of carbonyl (C=O) groups is 1. The van der Waals surface area contributed by atoms with Gasteiger partial charge < -0.3 is 19.3 Å². The van der Waals surface area contributed by atoms with Crippen LogP contribution in [0.4, 0.5) is 10.6 Å². The van der Waals surface area contributed by atoms with Gasteiger partial charge in [0.05, 0.1) is 23.4 Å². The van der Waals surface area contributed by atoms with Crippen molar-refractivity contribution in [3.05, 3.63) is 16.2 Å². The highest BCUT2D eigenvalue weighted by molar-refractivity contribution is 7.19. The van der Waals surface area contributed by atoms with Gasteiger partial charge in [0.25, 0.3) is 0 Å². The molecule has 3 saturated heterocycles. The molecule has 3 fully saturated rings. The predicted octanol–water partition coefficient (Wildman–Crippen LogP) is 4.40. The smallest absolute Gasteiger partial charge is 0.410 e. The highest BCUT2D eigenvalue weighted by Gasteiger charge is 2.43. The van der Waals surface area contributed by atoms with E-state index in [1.54, 1.807) is 11.3 Å². The Morgan fingerprint density at radius 3 is 2.56 bits per heavy atom. The molecule has 5 rings (SSSR count). The summed E-state index contributed by atoms with van der Waals surface area (Å²) in [6.07, 6.45) is 3.12. The molecule has 1 spiro atoms. The molecule has 3 aliphatic heterocycles. The number of nitrogens with zero attached hydrogens (tertiary/aromatic N) is 5. The van der Waals surface area contributed by atoms with Gasteiger partial charge in [-0.15, -0.1) is 11.3 Å². The maximum Gasteiger partial charge on any atom is 0.410 e. The summed E-state index contributed by atoms with van der Waals surface area (Å²) in [6, 6.07) is 2.17. The largest absolute Gasteiger partial charge is 0.444 e. The van der Waals surface area contributed by atoms with Gasteiger partial charge in [-0.1, -0.05) is 0 Å². The van der Waals surface area contributed by atoms with E-state index in [-0.39, 0.29) is 11.5 Å². The monoisotopic (exact) mass is 507 g/mol. The van der Waals surface area contributed by atoms with Gasteiger partial charge in [0.2, 0.25) is 5.28 Å². The lowest BCUT2D eigenvalue weighted by Crippen LogP contribution is -2.42. The molecule has 0 radical (unpaired) electrons. The second-order valence-corrected chi connectivity index (χ2v) is 12.2. The molecule has 1 amide bonds. The lowest BCUT2D eigenvalue weighted by atomic mass is 9.78. The number of amides is 1. The van der Waals surface area contributed by atoms with Crippen LogP contribution < -0.4 is 4.90 Å². The zero-order valence-corrected chi connectivity index (χ0v) is 21.9. The molecule has 0 N–H and O–H groups in total. The summed E-state index contributed by atoms with van der Waals surface area (Å²) in [5.74, 6) is 0.931. The molecule has 8 nitrogen and oxygen atoms in total. The Kier molecular flexibility index (Phi) is 6.65. The van der Waals surface area contributed by atoms with Gasteiger partial charge in [0.15, 0.2) is 5.82 Å². The van der Waals surface area contributed by atoms with Crippen molar-refractivity contribution < 1.29 is 14.3 Å². The van der Waals surface area contributed by atoms with Gasteiger partial charge in [0, 0.05) is 37.6 Å². The van der Waals surface area contributed by atoms with Crippen molar-refractivity contribution in [2.45, 2.75) is 52.2 Å². The Balaban J connectivity index is 1.21. The van der Waals surface area contributed by atoms with Crippen LogP contribution in [-0.2, 0) is 16.0 Å². The number of carbonyl (C=O) groups excluding carboxylic acids is 1. The summed E-state index contributed by atoms with van der Waals surface area (Å²) in [5, 5.41) is 0.300. The van der Waals surface area contributed by atoms with Crippen LogP contribution in [0.5, 0.6) is 0 Å².